The van der Waals surface area contributed by atoms with Crippen molar-refractivity contribution in [3.8, 4) is 0 Å². The van der Waals surface area contributed by atoms with Crippen LogP contribution in [0.1, 0.15) is 13.8 Å². The largest absolute Gasteiger partial charge is 0.347 e. The minimum Gasteiger partial charge on any atom is -0.347 e. The Bertz CT molecular complexity index is 801. The molecular formula is C17H26N4O5S. The van der Waals surface area contributed by atoms with Gasteiger partial charge in [-0.1, -0.05) is 26.0 Å². The van der Waals surface area contributed by atoms with Crippen LogP contribution < -0.4 is 0 Å². The third-order valence-corrected chi connectivity index (χ3v) is 6.62. The number of nitrogens with zero attached hydrogens (tertiary/aromatic N) is 4. The van der Waals surface area contributed by atoms with E-state index < -0.39 is 20.6 Å². The van der Waals surface area contributed by atoms with Gasteiger partial charge in [0.05, 0.1) is 11.0 Å². The maximum Gasteiger partial charge on any atom is 0.289 e. The molecule has 1 aromatic carbocycles. The number of amides is 1. The first kappa shape index (κ1) is 21.3. The number of likely N-dealkylation sites (N-methyl/N-ethyl adjacent to an activating group) is 1. The molecule has 2 rings (SSSR count). The number of carbonyl (C=O) groups is 1. The van der Waals surface area contributed by atoms with Crippen LogP contribution in [0.5, 0.6) is 0 Å². The van der Waals surface area contributed by atoms with Crippen molar-refractivity contribution in [1.82, 2.24) is 14.1 Å². The van der Waals surface area contributed by atoms with Crippen molar-refractivity contribution >= 4 is 21.6 Å². The topological polar surface area (TPSA) is 104 Å². The van der Waals surface area contributed by atoms with Crippen molar-refractivity contribution in [1.29, 1.82) is 0 Å². The van der Waals surface area contributed by atoms with E-state index in [1.54, 1.807) is 19.0 Å². The summed E-state index contributed by atoms with van der Waals surface area (Å²) >= 11 is 0. The van der Waals surface area contributed by atoms with Gasteiger partial charge in [-0.3, -0.25) is 19.8 Å². The second-order valence-corrected chi connectivity index (χ2v) is 8.99. The summed E-state index contributed by atoms with van der Waals surface area (Å²) in [6.07, 6.45) is 0. The van der Waals surface area contributed by atoms with E-state index in [1.807, 2.05) is 18.7 Å². The van der Waals surface area contributed by atoms with E-state index >= 15 is 0 Å². The molecule has 10 heteroatoms. The fourth-order valence-electron chi connectivity index (χ4n) is 3.31. The molecule has 9 nitrogen and oxygen atoms in total. The molecule has 1 aromatic rings. The van der Waals surface area contributed by atoms with Crippen LogP contribution in [0, 0.1) is 16.0 Å². The number of hydrogen-bond donors (Lipinski definition) is 0. The summed E-state index contributed by atoms with van der Waals surface area (Å²) in [5.41, 5.74) is -0.428. The summed E-state index contributed by atoms with van der Waals surface area (Å²) in [4.78, 5) is 26.2. The van der Waals surface area contributed by atoms with Crippen LogP contribution in [0.4, 0.5) is 5.69 Å². The van der Waals surface area contributed by atoms with Crippen LogP contribution in [-0.4, -0.2) is 79.7 Å². The van der Waals surface area contributed by atoms with E-state index in [0.717, 1.165) is 0 Å². The number of para-hydroxylation sites is 1. The molecule has 1 aliphatic rings. The van der Waals surface area contributed by atoms with Crippen LogP contribution in [0.3, 0.4) is 0 Å². The first-order valence-electron chi connectivity index (χ1n) is 8.76. The number of rotatable bonds is 6. The standard InChI is InChI=1S/C17H26N4O5S/c1-13(2)16(17(22)18(3)4)19-9-11-20(12-10-19)27(25,26)15-8-6-5-7-14(15)21(23)24/h5-8,13,16H,9-12H2,1-4H3. The first-order chi connectivity index (χ1) is 12.6. The predicted octanol–water partition coefficient (Wildman–Crippen LogP) is 1.01. The minimum atomic E-state index is -3.97. The second kappa shape index (κ2) is 8.32. The Morgan fingerprint density at radius 1 is 1.15 bits per heavy atom. The minimum absolute atomic E-state index is 0.0139. The molecular weight excluding hydrogens is 372 g/mol. The summed E-state index contributed by atoms with van der Waals surface area (Å²) < 4.78 is 27.0. The lowest BCUT2D eigenvalue weighted by Crippen LogP contribution is -2.57. The third-order valence-electron chi connectivity index (χ3n) is 4.67. The van der Waals surface area contributed by atoms with E-state index in [4.69, 9.17) is 0 Å². The molecule has 1 saturated heterocycles. The molecule has 0 bridgehead atoms. The number of hydrogen-bond acceptors (Lipinski definition) is 6. The van der Waals surface area contributed by atoms with E-state index in [1.165, 1.54) is 28.6 Å². The normalized spacial score (nSPS) is 17.7. The fourth-order valence-corrected chi connectivity index (χ4v) is 4.89. The average molecular weight is 398 g/mol. The van der Waals surface area contributed by atoms with Gasteiger partial charge in [-0.15, -0.1) is 0 Å². The molecule has 27 heavy (non-hydrogen) atoms. The van der Waals surface area contributed by atoms with Crippen LogP contribution in [0.25, 0.3) is 0 Å². The van der Waals surface area contributed by atoms with Crippen LogP contribution in [-0.2, 0) is 14.8 Å². The second-order valence-electron chi connectivity index (χ2n) is 7.09. The van der Waals surface area contributed by atoms with E-state index in [0.29, 0.717) is 13.1 Å². The molecule has 0 aliphatic carbocycles. The first-order valence-corrected chi connectivity index (χ1v) is 10.2. The third kappa shape index (κ3) is 4.45. The molecule has 0 aromatic heterocycles. The van der Waals surface area contributed by atoms with Crippen molar-refractivity contribution in [2.24, 2.45) is 5.92 Å². The van der Waals surface area contributed by atoms with E-state index in [-0.39, 0.29) is 35.9 Å². The predicted molar refractivity (Wildman–Crippen MR) is 101 cm³/mol. The molecule has 0 saturated carbocycles. The highest BCUT2D eigenvalue weighted by Gasteiger charge is 2.37. The van der Waals surface area contributed by atoms with Gasteiger partial charge in [0.15, 0.2) is 4.90 Å². The van der Waals surface area contributed by atoms with Crippen LogP contribution >= 0.6 is 0 Å². The Morgan fingerprint density at radius 2 is 1.70 bits per heavy atom. The zero-order valence-corrected chi connectivity index (χ0v) is 16.8. The molecule has 1 amide bonds. The van der Waals surface area contributed by atoms with Gasteiger partial charge in [0.1, 0.15) is 0 Å². The Balaban J connectivity index is 2.20. The van der Waals surface area contributed by atoms with Crippen molar-refractivity contribution in [3.05, 3.63) is 34.4 Å². The maximum absolute atomic E-state index is 12.9. The molecule has 1 atom stereocenters. The van der Waals surface area contributed by atoms with Gasteiger partial charge in [-0.2, -0.15) is 4.31 Å². The zero-order valence-electron chi connectivity index (χ0n) is 16.0. The van der Waals surface area contributed by atoms with Crippen molar-refractivity contribution in [2.45, 2.75) is 24.8 Å². The van der Waals surface area contributed by atoms with Gasteiger partial charge in [0.2, 0.25) is 15.9 Å². The highest BCUT2D eigenvalue weighted by Crippen LogP contribution is 2.27. The molecule has 1 aliphatic heterocycles. The summed E-state index contributed by atoms with van der Waals surface area (Å²) in [6.45, 7) is 5.06. The summed E-state index contributed by atoms with van der Waals surface area (Å²) in [5.74, 6) is 0.0678. The fraction of sp³-hybridized carbons (Fsp3) is 0.588. The number of nitro groups is 1. The lowest BCUT2D eigenvalue weighted by molar-refractivity contribution is -0.387. The summed E-state index contributed by atoms with van der Waals surface area (Å²) in [5, 5.41) is 11.2. The summed E-state index contributed by atoms with van der Waals surface area (Å²) in [6, 6.07) is 5.03. The maximum atomic E-state index is 12.9. The van der Waals surface area contributed by atoms with Crippen LogP contribution in [0.2, 0.25) is 0 Å². The van der Waals surface area contributed by atoms with Gasteiger partial charge in [-0.25, -0.2) is 8.42 Å². The highest BCUT2D eigenvalue weighted by molar-refractivity contribution is 7.89. The van der Waals surface area contributed by atoms with Gasteiger partial charge in [0.25, 0.3) is 5.69 Å². The molecule has 1 fully saturated rings. The Hall–Kier alpha value is -2.04. The number of benzene rings is 1. The van der Waals surface area contributed by atoms with Crippen molar-refractivity contribution in [2.75, 3.05) is 40.3 Å². The number of piperazine rings is 1. The van der Waals surface area contributed by atoms with Gasteiger partial charge < -0.3 is 4.90 Å². The Morgan fingerprint density at radius 3 is 2.19 bits per heavy atom. The van der Waals surface area contributed by atoms with Gasteiger partial charge in [-0.05, 0) is 12.0 Å². The lowest BCUT2D eigenvalue weighted by atomic mass is 10.0. The van der Waals surface area contributed by atoms with E-state index in [2.05, 4.69) is 0 Å². The average Bonchev–Trinajstić information content (AvgIpc) is 2.61. The lowest BCUT2D eigenvalue weighted by Gasteiger charge is -2.40. The molecule has 0 radical (unpaired) electrons. The van der Waals surface area contributed by atoms with Gasteiger partial charge >= 0.3 is 0 Å². The Kier molecular flexibility index (Phi) is 6.55. The molecule has 150 valence electrons. The van der Waals surface area contributed by atoms with Gasteiger partial charge in [0, 0.05) is 46.3 Å². The number of sulfonamides is 1. The van der Waals surface area contributed by atoms with Crippen molar-refractivity contribution in [3.63, 3.8) is 0 Å². The smallest absolute Gasteiger partial charge is 0.289 e. The zero-order chi connectivity index (χ0) is 20.4. The number of nitro benzene ring substituents is 1. The molecule has 0 N–H and O–H groups in total. The van der Waals surface area contributed by atoms with E-state index in [9.17, 15) is 23.3 Å². The van der Waals surface area contributed by atoms with Crippen molar-refractivity contribution < 1.29 is 18.1 Å². The number of carbonyl (C=O) groups excluding carboxylic acids is 1. The quantitative estimate of drug-likeness (QED) is 0.523. The van der Waals surface area contributed by atoms with Crippen LogP contribution in [0.15, 0.2) is 29.2 Å². The highest BCUT2D eigenvalue weighted by atomic mass is 32.2. The molecule has 1 unspecified atom stereocenters. The molecule has 0 spiro atoms. The monoisotopic (exact) mass is 398 g/mol. The molecule has 1 heterocycles. The Labute approximate surface area is 159 Å². The SMILES string of the molecule is CC(C)C(C(=O)N(C)C)N1CCN(S(=O)(=O)c2ccccc2[N+](=O)[O-])CC1. The summed E-state index contributed by atoms with van der Waals surface area (Å²) in [7, 11) is -0.571.